The lowest BCUT2D eigenvalue weighted by molar-refractivity contribution is 0.682. The first-order chi connectivity index (χ1) is 9.84. The van der Waals surface area contributed by atoms with E-state index in [2.05, 4.69) is 32.7 Å². The number of nitrogens with two attached hydrogens (primary N) is 1. The number of nitrogen functional groups attached to an aromatic ring is 1. The van der Waals surface area contributed by atoms with Crippen LogP contribution in [0.2, 0.25) is 0 Å². The zero-order chi connectivity index (χ0) is 13.5. The highest BCUT2D eigenvalue weighted by Crippen LogP contribution is 2.30. The summed E-state index contributed by atoms with van der Waals surface area (Å²) in [5.41, 5.74) is 12.1. The van der Waals surface area contributed by atoms with Gasteiger partial charge in [0.05, 0.1) is 17.4 Å². The number of hydrogen-bond acceptors (Lipinski definition) is 3. The molecule has 0 atom stereocenters. The van der Waals surface area contributed by atoms with Gasteiger partial charge in [-0.15, -0.1) is 0 Å². The van der Waals surface area contributed by atoms with Gasteiger partial charge >= 0.3 is 0 Å². The second kappa shape index (κ2) is 4.34. The van der Waals surface area contributed by atoms with Crippen LogP contribution < -0.4 is 5.73 Å². The second-order valence-corrected chi connectivity index (χ2v) is 5.29. The van der Waals surface area contributed by atoms with E-state index < -0.39 is 0 Å². The minimum atomic E-state index is 0.534. The first kappa shape index (κ1) is 11.5. The van der Waals surface area contributed by atoms with Gasteiger partial charge in [0.2, 0.25) is 5.95 Å². The molecule has 2 heterocycles. The van der Waals surface area contributed by atoms with E-state index in [9.17, 15) is 0 Å². The van der Waals surface area contributed by atoms with Gasteiger partial charge in [-0.1, -0.05) is 12.1 Å². The Morgan fingerprint density at radius 2 is 2.00 bits per heavy atom. The fourth-order valence-electron chi connectivity index (χ4n) is 3.17. The van der Waals surface area contributed by atoms with E-state index in [1.807, 2.05) is 6.07 Å². The molecule has 2 N–H and O–H groups in total. The molecule has 1 aliphatic carbocycles. The average molecular weight is 264 g/mol. The molecular weight excluding hydrogens is 248 g/mol. The van der Waals surface area contributed by atoms with Crippen LogP contribution in [0.15, 0.2) is 36.7 Å². The van der Waals surface area contributed by atoms with Gasteiger partial charge in [-0.25, -0.2) is 4.98 Å². The number of aryl methyl sites for hydroxylation is 1. The Hall–Kier alpha value is -2.36. The van der Waals surface area contributed by atoms with Crippen LogP contribution in [0.25, 0.3) is 16.7 Å². The van der Waals surface area contributed by atoms with E-state index in [0.717, 1.165) is 23.9 Å². The molecule has 0 radical (unpaired) electrons. The zero-order valence-corrected chi connectivity index (χ0v) is 11.2. The van der Waals surface area contributed by atoms with Crippen LogP contribution in [0, 0.1) is 0 Å². The molecule has 0 unspecified atom stereocenters. The number of fused-ring (bicyclic) bond motifs is 2. The summed E-state index contributed by atoms with van der Waals surface area (Å²) >= 11 is 0. The van der Waals surface area contributed by atoms with Crippen molar-refractivity contribution in [2.24, 2.45) is 0 Å². The highest BCUT2D eigenvalue weighted by molar-refractivity contribution is 5.80. The van der Waals surface area contributed by atoms with Crippen LogP contribution in [-0.2, 0) is 12.8 Å². The summed E-state index contributed by atoms with van der Waals surface area (Å²) in [4.78, 5) is 8.53. The molecule has 4 rings (SSSR count). The van der Waals surface area contributed by atoms with Crippen molar-refractivity contribution < 1.29 is 0 Å². The third kappa shape index (κ3) is 1.61. The van der Waals surface area contributed by atoms with E-state index >= 15 is 0 Å². The fourth-order valence-corrected chi connectivity index (χ4v) is 3.17. The highest BCUT2D eigenvalue weighted by atomic mass is 15.2. The largest absolute Gasteiger partial charge is 0.369 e. The molecule has 4 nitrogen and oxygen atoms in total. The number of hydrogen-bond donors (Lipinski definition) is 1. The molecule has 0 fully saturated rings. The Kier molecular flexibility index (Phi) is 2.49. The molecular formula is C16H16N4. The van der Waals surface area contributed by atoms with E-state index in [1.54, 1.807) is 12.4 Å². The van der Waals surface area contributed by atoms with E-state index in [1.165, 1.54) is 29.7 Å². The van der Waals surface area contributed by atoms with Gasteiger partial charge in [-0.3, -0.25) is 9.55 Å². The average Bonchev–Trinajstić information content (AvgIpc) is 2.82. The van der Waals surface area contributed by atoms with Crippen molar-refractivity contribution in [2.75, 3.05) is 5.73 Å². The highest BCUT2D eigenvalue weighted by Gasteiger charge is 2.17. The van der Waals surface area contributed by atoms with Gasteiger partial charge in [0.1, 0.15) is 5.52 Å². The third-order valence-corrected chi connectivity index (χ3v) is 4.09. The van der Waals surface area contributed by atoms with Crippen molar-refractivity contribution in [3.05, 3.63) is 47.8 Å². The summed E-state index contributed by atoms with van der Waals surface area (Å²) in [5, 5.41) is 0. The van der Waals surface area contributed by atoms with Gasteiger partial charge in [-0.2, -0.15) is 0 Å². The van der Waals surface area contributed by atoms with Crippen LogP contribution in [0.4, 0.5) is 5.95 Å². The van der Waals surface area contributed by atoms with Crippen molar-refractivity contribution in [1.82, 2.24) is 14.5 Å². The molecule has 4 heteroatoms. The molecule has 1 aliphatic rings. The van der Waals surface area contributed by atoms with Gasteiger partial charge in [-0.05, 0) is 48.9 Å². The van der Waals surface area contributed by atoms with Gasteiger partial charge in [0.25, 0.3) is 0 Å². The molecule has 0 saturated heterocycles. The van der Waals surface area contributed by atoms with Crippen LogP contribution >= 0.6 is 0 Å². The second-order valence-electron chi connectivity index (χ2n) is 5.29. The summed E-state index contributed by atoms with van der Waals surface area (Å²) in [7, 11) is 0. The fraction of sp³-hybridized carbons (Fsp3) is 0.250. The predicted octanol–water partition coefficient (Wildman–Crippen LogP) is 2.88. The number of aromatic nitrogens is 3. The topological polar surface area (TPSA) is 56.7 Å². The minimum absolute atomic E-state index is 0.534. The zero-order valence-electron chi connectivity index (χ0n) is 11.2. The maximum Gasteiger partial charge on any atom is 0.205 e. The summed E-state index contributed by atoms with van der Waals surface area (Å²) in [6.07, 6.45) is 8.36. The lowest BCUT2D eigenvalue weighted by Gasteiger charge is -2.20. The Balaban J connectivity index is 2.02. The van der Waals surface area contributed by atoms with Crippen molar-refractivity contribution in [1.29, 1.82) is 0 Å². The van der Waals surface area contributed by atoms with Crippen LogP contribution in [-0.4, -0.2) is 14.5 Å². The maximum absolute atomic E-state index is 6.14. The summed E-state index contributed by atoms with van der Waals surface area (Å²) in [5.74, 6) is 0.534. The predicted molar refractivity (Wildman–Crippen MR) is 79.9 cm³/mol. The molecule has 0 aliphatic heterocycles. The lowest BCUT2D eigenvalue weighted by atomic mass is 9.90. The summed E-state index contributed by atoms with van der Waals surface area (Å²) in [6.45, 7) is 0. The molecule has 0 saturated carbocycles. The first-order valence-corrected chi connectivity index (χ1v) is 7.03. The lowest BCUT2D eigenvalue weighted by Crippen LogP contribution is -2.09. The Morgan fingerprint density at radius 3 is 2.95 bits per heavy atom. The first-order valence-electron chi connectivity index (χ1n) is 7.03. The quantitative estimate of drug-likeness (QED) is 0.735. The molecule has 3 aromatic rings. The normalized spacial score (nSPS) is 14.4. The molecule has 20 heavy (non-hydrogen) atoms. The SMILES string of the molecule is Nc1nc2cnccc2n1-c1cccc2c1CCCC2. The maximum atomic E-state index is 6.14. The van der Waals surface area contributed by atoms with Crippen LogP contribution in [0.5, 0.6) is 0 Å². The summed E-state index contributed by atoms with van der Waals surface area (Å²) < 4.78 is 2.06. The Labute approximate surface area is 117 Å². The van der Waals surface area contributed by atoms with Crippen molar-refractivity contribution in [2.45, 2.75) is 25.7 Å². The number of rotatable bonds is 1. The Morgan fingerprint density at radius 1 is 1.10 bits per heavy atom. The number of benzene rings is 1. The van der Waals surface area contributed by atoms with Gasteiger partial charge < -0.3 is 5.73 Å². The van der Waals surface area contributed by atoms with Crippen molar-refractivity contribution >= 4 is 17.0 Å². The minimum Gasteiger partial charge on any atom is -0.369 e. The number of anilines is 1. The molecule has 1 aromatic carbocycles. The number of nitrogens with zero attached hydrogens (tertiary/aromatic N) is 3. The van der Waals surface area contributed by atoms with E-state index in [0.29, 0.717) is 5.95 Å². The monoisotopic (exact) mass is 264 g/mol. The molecule has 2 aromatic heterocycles. The molecule has 100 valence electrons. The summed E-state index contributed by atoms with van der Waals surface area (Å²) in [6, 6.07) is 8.46. The van der Waals surface area contributed by atoms with E-state index in [4.69, 9.17) is 5.73 Å². The number of pyridine rings is 1. The van der Waals surface area contributed by atoms with Crippen molar-refractivity contribution in [3.63, 3.8) is 0 Å². The van der Waals surface area contributed by atoms with Crippen molar-refractivity contribution in [3.8, 4) is 5.69 Å². The molecule has 0 spiro atoms. The van der Waals surface area contributed by atoms with Gasteiger partial charge in [0, 0.05) is 6.20 Å². The van der Waals surface area contributed by atoms with Gasteiger partial charge in [0.15, 0.2) is 0 Å². The van der Waals surface area contributed by atoms with E-state index in [-0.39, 0.29) is 0 Å². The molecule has 0 bridgehead atoms. The molecule has 0 amide bonds. The number of imidazole rings is 1. The standard InChI is InChI=1S/C16H16N4/c17-16-19-13-10-18-9-8-15(13)20(16)14-7-3-5-11-4-1-2-6-12(11)14/h3,5,7-10H,1-2,4,6H2,(H2,17,19). The third-order valence-electron chi connectivity index (χ3n) is 4.09. The van der Waals surface area contributed by atoms with Crippen LogP contribution in [0.3, 0.4) is 0 Å². The van der Waals surface area contributed by atoms with Crippen LogP contribution in [0.1, 0.15) is 24.0 Å². The Bertz CT molecular complexity index is 788. The smallest absolute Gasteiger partial charge is 0.205 e.